The lowest BCUT2D eigenvalue weighted by Gasteiger charge is -2.32. The summed E-state index contributed by atoms with van der Waals surface area (Å²) in [7, 11) is 1.59. The average molecular weight is 381 g/mol. The van der Waals surface area contributed by atoms with Gasteiger partial charge in [0.15, 0.2) is 0 Å². The molecule has 0 unspecified atom stereocenters. The normalized spacial score (nSPS) is 15.0. The molecule has 2 aromatic rings. The second-order valence-corrected chi connectivity index (χ2v) is 6.95. The van der Waals surface area contributed by atoms with E-state index in [1.165, 1.54) is 0 Å². The smallest absolute Gasteiger partial charge is 0.251 e. The summed E-state index contributed by atoms with van der Waals surface area (Å²) < 4.78 is 5.26. The molecule has 2 amide bonds. The monoisotopic (exact) mass is 381 g/mol. The number of carbonyl (C=O) groups excluding carboxylic acids is 2. The summed E-state index contributed by atoms with van der Waals surface area (Å²) in [5.74, 6) is 0.616. The molecular weight excluding hydrogens is 354 g/mol. The molecule has 1 aliphatic rings. The summed E-state index contributed by atoms with van der Waals surface area (Å²) >= 11 is 0. The number of anilines is 1. The molecule has 0 bridgehead atoms. The van der Waals surface area contributed by atoms with Gasteiger partial charge in [0.25, 0.3) is 5.91 Å². The minimum absolute atomic E-state index is 0.0183. The van der Waals surface area contributed by atoms with Crippen LogP contribution < -0.4 is 15.4 Å². The molecule has 6 nitrogen and oxygen atoms in total. The van der Waals surface area contributed by atoms with Gasteiger partial charge in [-0.25, -0.2) is 0 Å². The molecule has 2 aromatic carbocycles. The van der Waals surface area contributed by atoms with Crippen LogP contribution in [0.1, 0.15) is 29.6 Å². The highest BCUT2D eigenvalue weighted by atomic mass is 16.5. The Hall–Kier alpha value is -2.86. The van der Waals surface area contributed by atoms with E-state index in [2.05, 4.69) is 15.5 Å². The van der Waals surface area contributed by atoms with Gasteiger partial charge in [-0.3, -0.25) is 9.59 Å². The van der Waals surface area contributed by atoms with Gasteiger partial charge in [0, 0.05) is 37.7 Å². The molecule has 0 aliphatic carbocycles. The SMILES string of the molecule is COc1ccccc1NC(=O)CCN1CCC(NC(=O)c2ccccc2)CC1. The minimum Gasteiger partial charge on any atom is -0.495 e. The van der Waals surface area contributed by atoms with Crippen molar-refractivity contribution in [2.75, 3.05) is 32.1 Å². The summed E-state index contributed by atoms with van der Waals surface area (Å²) in [6.45, 7) is 2.46. The molecule has 0 radical (unpaired) electrons. The number of para-hydroxylation sites is 2. The number of amides is 2. The maximum absolute atomic E-state index is 12.2. The van der Waals surface area contributed by atoms with Gasteiger partial charge in [-0.15, -0.1) is 0 Å². The summed E-state index contributed by atoms with van der Waals surface area (Å²) in [5, 5.41) is 6.01. The Morgan fingerprint density at radius 3 is 2.43 bits per heavy atom. The molecule has 1 aliphatic heterocycles. The van der Waals surface area contributed by atoms with Crippen molar-refractivity contribution >= 4 is 17.5 Å². The van der Waals surface area contributed by atoms with Gasteiger partial charge in [0.1, 0.15) is 5.75 Å². The lowest BCUT2D eigenvalue weighted by molar-refractivity contribution is -0.116. The molecule has 1 fully saturated rings. The zero-order chi connectivity index (χ0) is 19.8. The highest BCUT2D eigenvalue weighted by molar-refractivity contribution is 5.94. The number of hydrogen-bond acceptors (Lipinski definition) is 4. The number of piperidine rings is 1. The highest BCUT2D eigenvalue weighted by Crippen LogP contribution is 2.23. The maximum atomic E-state index is 12.2. The van der Waals surface area contributed by atoms with Crippen LogP contribution in [0.15, 0.2) is 54.6 Å². The van der Waals surface area contributed by atoms with Crippen LogP contribution in [0.5, 0.6) is 5.75 Å². The molecule has 1 heterocycles. The van der Waals surface area contributed by atoms with Crippen molar-refractivity contribution < 1.29 is 14.3 Å². The molecule has 6 heteroatoms. The third-order valence-electron chi connectivity index (χ3n) is 4.99. The zero-order valence-corrected chi connectivity index (χ0v) is 16.2. The number of benzene rings is 2. The standard InChI is InChI=1S/C22H27N3O3/c1-28-20-10-6-5-9-19(20)24-21(26)13-16-25-14-11-18(12-15-25)23-22(27)17-7-3-2-4-8-17/h2-10,18H,11-16H2,1H3,(H,23,27)(H,24,26). The first-order valence-electron chi connectivity index (χ1n) is 9.67. The van der Waals surface area contributed by atoms with Crippen LogP contribution in [0.2, 0.25) is 0 Å². The summed E-state index contributed by atoms with van der Waals surface area (Å²) in [6.07, 6.45) is 2.22. The molecule has 2 N–H and O–H groups in total. The highest BCUT2D eigenvalue weighted by Gasteiger charge is 2.21. The van der Waals surface area contributed by atoms with Gasteiger partial charge >= 0.3 is 0 Å². The summed E-state index contributed by atoms with van der Waals surface area (Å²) in [5.41, 5.74) is 1.38. The maximum Gasteiger partial charge on any atom is 0.251 e. The van der Waals surface area contributed by atoms with Crippen LogP contribution in [-0.4, -0.2) is 49.5 Å². The lowest BCUT2D eigenvalue weighted by Crippen LogP contribution is -2.45. The second-order valence-electron chi connectivity index (χ2n) is 6.95. The Kier molecular flexibility index (Phi) is 7.03. The molecule has 0 aromatic heterocycles. The second kappa shape index (κ2) is 9.90. The Morgan fingerprint density at radius 2 is 1.71 bits per heavy atom. The largest absolute Gasteiger partial charge is 0.495 e. The molecular formula is C22H27N3O3. The van der Waals surface area contributed by atoms with E-state index >= 15 is 0 Å². The minimum atomic E-state index is -0.0241. The van der Waals surface area contributed by atoms with Crippen molar-refractivity contribution in [3.8, 4) is 5.75 Å². The number of rotatable bonds is 7. The van der Waals surface area contributed by atoms with Crippen LogP contribution in [-0.2, 0) is 4.79 Å². The fourth-order valence-electron chi connectivity index (χ4n) is 3.38. The first kappa shape index (κ1) is 19.9. The van der Waals surface area contributed by atoms with E-state index in [9.17, 15) is 9.59 Å². The number of likely N-dealkylation sites (tertiary alicyclic amines) is 1. The predicted octanol–water partition coefficient (Wildman–Crippen LogP) is 2.92. The van der Waals surface area contributed by atoms with E-state index in [4.69, 9.17) is 4.74 Å². The van der Waals surface area contributed by atoms with E-state index in [1.807, 2.05) is 54.6 Å². The average Bonchev–Trinajstić information content (AvgIpc) is 2.74. The predicted molar refractivity (Wildman–Crippen MR) is 110 cm³/mol. The van der Waals surface area contributed by atoms with Gasteiger partial charge in [-0.2, -0.15) is 0 Å². The van der Waals surface area contributed by atoms with Gasteiger partial charge < -0.3 is 20.3 Å². The van der Waals surface area contributed by atoms with Crippen molar-refractivity contribution in [3.05, 3.63) is 60.2 Å². The number of hydrogen-bond donors (Lipinski definition) is 2. The van der Waals surface area contributed by atoms with E-state index in [1.54, 1.807) is 7.11 Å². The fourth-order valence-corrected chi connectivity index (χ4v) is 3.38. The van der Waals surface area contributed by atoms with Crippen molar-refractivity contribution in [2.24, 2.45) is 0 Å². The van der Waals surface area contributed by atoms with Crippen LogP contribution in [0.25, 0.3) is 0 Å². The zero-order valence-electron chi connectivity index (χ0n) is 16.2. The Labute approximate surface area is 165 Å². The van der Waals surface area contributed by atoms with Crippen LogP contribution in [0.3, 0.4) is 0 Å². The van der Waals surface area contributed by atoms with E-state index in [-0.39, 0.29) is 17.9 Å². The molecule has 28 heavy (non-hydrogen) atoms. The van der Waals surface area contributed by atoms with E-state index < -0.39 is 0 Å². The van der Waals surface area contributed by atoms with Gasteiger partial charge in [0.05, 0.1) is 12.8 Å². The molecule has 148 valence electrons. The van der Waals surface area contributed by atoms with E-state index in [0.29, 0.717) is 30.0 Å². The number of methoxy groups -OCH3 is 1. The lowest BCUT2D eigenvalue weighted by atomic mass is 10.0. The molecule has 1 saturated heterocycles. The Balaban J connectivity index is 1.38. The number of ether oxygens (including phenoxy) is 1. The topological polar surface area (TPSA) is 70.7 Å². The van der Waals surface area contributed by atoms with Crippen molar-refractivity contribution in [3.63, 3.8) is 0 Å². The summed E-state index contributed by atoms with van der Waals surface area (Å²) in [6, 6.07) is 16.9. The van der Waals surface area contributed by atoms with Crippen molar-refractivity contribution in [1.82, 2.24) is 10.2 Å². The first-order chi connectivity index (χ1) is 13.7. The van der Waals surface area contributed by atoms with Gasteiger partial charge in [0.2, 0.25) is 5.91 Å². The Morgan fingerprint density at radius 1 is 1.04 bits per heavy atom. The first-order valence-corrected chi connectivity index (χ1v) is 9.67. The number of nitrogens with one attached hydrogen (secondary N) is 2. The van der Waals surface area contributed by atoms with Crippen LogP contribution in [0.4, 0.5) is 5.69 Å². The van der Waals surface area contributed by atoms with Crippen molar-refractivity contribution in [2.45, 2.75) is 25.3 Å². The third kappa shape index (κ3) is 5.57. The molecule has 3 rings (SSSR count). The van der Waals surface area contributed by atoms with Gasteiger partial charge in [-0.1, -0.05) is 30.3 Å². The van der Waals surface area contributed by atoms with Crippen molar-refractivity contribution in [1.29, 1.82) is 0 Å². The molecule has 0 saturated carbocycles. The molecule has 0 atom stereocenters. The third-order valence-corrected chi connectivity index (χ3v) is 4.99. The molecule has 0 spiro atoms. The van der Waals surface area contributed by atoms with E-state index in [0.717, 1.165) is 25.9 Å². The van der Waals surface area contributed by atoms with Gasteiger partial charge in [-0.05, 0) is 37.1 Å². The number of nitrogens with zero attached hydrogens (tertiary/aromatic N) is 1. The summed E-state index contributed by atoms with van der Waals surface area (Å²) in [4.78, 5) is 26.8. The fraction of sp³-hybridized carbons (Fsp3) is 0.364. The van der Waals surface area contributed by atoms with Crippen LogP contribution in [0, 0.1) is 0 Å². The number of carbonyl (C=O) groups is 2. The Bertz CT molecular complexity index is 787. The van der Waals surface area contributed by atoms with Crippen LogP contribution >= 0.6 is 0 Å². The quantitative estimate of drug-likeness (QED) is 0.774.